The third-order valence-corrected chi connectivity index (χ3v) is 7.10. The lowest BCUT2D eigenvalue weighted by atomic mass is 10.0. The number of carboxylic acid groups (broad SMARTS) is 1. The van der Waals surface area contributed by atoms with E-state index in [1.54, 1.807) is 42.5 Å². The van der Waals surface area contributed by atoms with Crippen LogP contribution in [0.4, 0.5) is 0 Å². The van der Waals surface area contributed by atoms with E-state index in [0.29, 0.717) is 41.4 Å². The van der Waals surface area contributed by atoms with Gasteiger partial charge in [-0.3, -0.25) is 14.5 Å². The van der Waals surface area contributed by atoms with Crippen molar-refractivity contribution in [2.75, 3.05) is 39.5 Å². The number of pyridine rings is 1. The Labute approximate surface area is 258 Å². The molecule has 4 N–H and O–H groups in total. The van der Waals surface area contributed by atoms with E-state index in [1.807, 2.05) is 18.2 Å². The van der Waals surface area contributed by atoms with Gasteiger partial charge in [0.05, 0.1) is 13.2 Å². The molecule has 0 saturated carbocycles. The molecule has 12 heteroatoms. The zero-order chi connectivity index (χ0) is 31.5. The number of aromatic hydroxyl groups is 1. The van der Waals surface area contributed by atoms with Gasteiger partial charge in [0.15, 0.2) is 0 Å². The Bertz CT molecular complexity index is 1650. The minimum Gasteiger partial charge on any atom is -0.507 e. The van der Waals surface area contributed by atoms with Crippen LogP contribution in [0.2, 0.25) is 5.02 Å². The summed E-state index contributed by atoms with van der Waals surface area (Å²) in [6.45, 7) is 3.66. The quantitative estimate of drug-likeness (QED) is 0.205. The average molecular weight is 622 g/mol. The van der Waals surface area contributed by atoms with Gasteiger partial charge in [-0.05, 0) is 48.0 Å². The van der Waals surface area contributed by atoms with Crippen molar-refractivity contribution in [1.29, 1.82) is 0 Å². The Hall–Kier alpha value is -4.71. The number of aromatic amines is 1. The lowest BCUT2D eigenvalue weighted by Crippen LogP contribution is -2.44. The first-order valence-electron chi connectivity index (χ1n) is 13.9. The Morgan fingerprint density at radius 1 is 1.00 bits per heavy atom. The second-order valence-corrected chi connectivity index (χ2v) is 10.3. The van der Waals surface area contributed by atoms with E-state index in [-0.39, 0.29) is 29.9 Å². The molecule has 1 amide bonds. The van der Waals surface area contributed by atoms with E-state index in [0.717, 1.165) is 18.5 Å². The molecular formula is C32H32ClN3O8. The predicted molar refractivity (Wildman–Crippen MR) is 164 cm³/mol. The number of aromatic nitrogens is 1. The fourth-order valence-electron chi connectivity index (χ4n) is 4.56. The van der Waals surface area contributed by atoms with Crippen LogP contribution >= 0.6 is 11.6 Å². The molecule has 1 aliphatic rings. The molecule has 5 rings (SSSR count). The van der Waals surface area contributed by atoms with Crippen LogP contribution in [0.1, 0.15) is 26.3 Å². The second kappa shape index (κ2) is 15.7. The molecule has 4 aromatic rings. The SMILES string of the molecule is O=C(NC(Cc1cc(=O)[nH]c2ccccc12)C(=O)OCCN1CCOCC1)c1ccc(Cl)cc1.O=C(O)c1ccccc1O. The van der Waals surface area contributed by atoms with E-state index in [2.05, 4.69) is 15.2 Å². The molecule has 1 unspecified atom stereocenters. The third kappa shape index (κ3) is 9.14. The van der Waals surface area contributed by atoms with E-state index in [1.165, 1.54) is 18.2 Å². The van der Waals surface area contributed by atoms with E-state index in [9.17, 15) is 19.2 Å². The summed E-state index contributed by atoms with van der Waals surface area (Å²) in [7, 11) is 0. The molecule has 1 aromatic heterocycles. The Morgan fingerprint density at radius 3 is 2.36 bits per heavy atom. The van der Waals surface area contributed by atoms with Gasteiger partial charge in [0.1, 0.15) is 24.0 Å². The number of benzene rings is 3. The highest BCUT2D eigenvalue weighted by Crippen LogP contribution is 2.18. The molecule has 0 radical (unpaired) electrons. The van der Waals surface area contributed by atoms with Gasteiger partial charge < -0.3 is 30.0 Å². The summed E-state index contributed by atoms with van der Waals surface area (Å²) in [6.07, 6.45) is 0.111. The normalized spacial score (nSPS) is 13.8. The number of carbonyl (C=O) groups excluding carboxylic acids is 2. The molecular weight excluding hydrogens is 590 g/mol. The van der Waals surface area contributed by atoms with Crippen molar-refractivity contribution in [3.8, 4) is 5.75 Å². The van der Waals surface area contributed by atoms with Crippen molar-refractivity contribution in [3.63, 3.8) is 0 Å². The molecule has 0 bridgehead atoms. The van der Waals surface area contributed by atoms with E-state index < -0.39 is 23.9 Å². The summed E-state index contributed by atoms with van der Waals surface area (Å²) in [6, 6.07) is 20.0. The molecule has 1 aliphatic heterocycles. The topological polar surface area (TPSA) is 158 Å². The highest BCUT2D eigenvalue weighted by Gasteiger charge is 2.25. The van der Waals surface area contributed by atoms with Gasteiger partial charge in [-0.1, -0.05) is 41.9 Å². The summed E-state index contributed by atoms with van der Waals surface area (Å²) < 4.78 is 10.9. The molecule has 3 aromatic carbocycles. The first-order chi connectivity index (χ1) is 21.2. The molecule has 44 heavy (non-hydrogen) atoms. The van der Waals surface area contributed by atoms with Crippen molar-refractivity contribution in [1.82, 2.24) is 15.2 Å². The largest absolute Gasteiger partial charge is 0.507 e. The molecule has 1 fully saturated rings. The second-order valence-electron chi connectivity index (χ2n) is 9.89. The Kier molecular flexibility index (Phi) is 11.5. The van der Waals surface area contributed by atoms with Crippen molar-refractivity contribution >= 4 is 40.3 Å². The number of fused-ring (bicyclic) bond motifs is 1. The maximum absolute atomic E-state index is 13.0. The van der Waals surface area contributed by atoms with Gasteiger partial charge in [-0.2, -0.15) is 0 Å². The number of nitrogens with zero attached hydrogens (tertiary/aromatic N) is 1. The highest BCUT2D eigenvalue weighted by molar-refractivity contribution is 6.30. The van der Waals surface area contributed by atoms with Crippen LogP contribution in [0.15, 0.2) is 83.7 Å². The number of hydrogen-bond donors (Lipinski definition) is 4. The number of H-pyrrole nitrogens is 1. The van der Waals surface area contributed by atoms with Crippen molar-refractivity contribution in [3.05, 3.63) is 111 Å². The fraction of sp³-hybridized carbons (Fsp3) is 0.250. The third-order valence-electron chi connectivity index (χ3n) is 6.85. The first-order valence-corrected chi connectivity index (χ1v) is 14.2. The molecule has 0 spiro atoms. The minimum atomic E-state index is -1.11. The van der Waals surface area contributed by atoms with Crippen LogP contribution in [0, 0.1) is 0 Å². The number of para-hydroxylation sites is 2. The summed E-state index contributed by atoms with van der Waals surface area (Å²) in [5, 5.41) is 21.4. The van der Waals surface area contributed by atoms with Gasteiger partial charge in [0.2, 0.25) is 5.56 Å². The summed E-state index contributed by atoms with van der Waals surface area (Å²) in [5.74, 6) is -2.30. The van der Waals surface area contributed by atoms with Crippen LogP contribution in [0.25, 0.3) is 10.9 Å². The number of ether oxygens (including phenoxy) is 2. The maximum Gasteiger partial charge on any atom is 0.339 e. The number of amides is 1. The van der Waals surface area contributed by atoms with Crippen molar-refractivity contribution in [2.45, 2.75) is 12.5 Å². The number of aromatic carboxylic acids is 1. The number of phenols is 1. The lowest BCUT2D eigenvalue weighted by molar-refractivity contribution is -0.146. The summed E-state index contributed by atoms with van der Waals surface area (Å²) in [4.78, 5) is 53.3. The molecule has 1 atom stereocenters. The number of carboxylic acids is 1. The predicted octanol–water partition coefficient (Wildman–Crippen LogP) is 3.49. The number of nitrogens with one attached hydrogen (secondary N) is 2. The van der Waals surface area contributed by atoms with Gasteiger partial charge in [-0.15, -0.1) is 0 Å². The van der Waals surface area contributed by atoms with Crippen LogP contribution < -0.4 is 10.9 Å². The van der Waals surface area contributed by atoms with Gasteiger partial charge >= 0.3 is 11.9 Å². The van der Waals surface area contributed by atoms with Crippen molar-refractivity contribution < 1.29 is 34.1 Å². The highest BCUT2D eigenvalue weighted by atomic mass is 35.5. The van der Waals surface area contributed by atoms with Crippen LogP contribution in [-0.4, -0.2) is 83.4 Å². The maximum atomic E-state index is 13.0. The molecule has 230 valence electrons. The van der Waals surface area contributed by atoms with Crippen LogP contribution in [0.3, 0.4) is 0 Å². The molecule has 0 aliphatic carbocycles. The molecule has 1 saturated heterocycles. The molecule has 11 nitrogen and oxygen atoms in total. The number of esters is 1. The number of halogens is 1. The monoisotopic (exact) mass is 621 g/mol. The van der Waals surface area contributed by atoms with E-state index >= 15 is 0 Å². The van der Waals surface area contributed by atoms with Gasteiger partial charge in [0, 0.05) is 53.6 Å². The number of morpholine rings is 1. The van der Waals surface area contributed by atoms with Gasteiger partial charge in [-0.25, -0.2) is 9.59 Å². The van der Waals surface area contributed by atoms with Crippen LogP contribution in [0.5, 0.6) is 5.75 Å². The number of hydrogen-bond acceptors (Lipinski definition) is 8. The Balaban J connectivity index is 0.000000375. The zero-order valence-electron chi connectivity index (χ0n) is 23.7. The first kappa shape index (κ1) is 32.2. The van der Waals surface area contributed by atoms with E-state index in [4.69, 9.17) is 31.3 Å². The smallest absolute Gasteiger partial charge is 0.339 e. The lowest BCUT2D eigenvalue weighted by Gasteiger charge is -2.26. The van der Waals surface area contributed by atoms with Gasteiger partial charge in [0.25, 0.3) is 5.91 Å². The summed E-state index contributed by atoms with van der Waals surface area (Å²) >= 11 is 5.92. The minimum absolute atomic E-state index is 0.0671. The zero-order valence-corrected chi connectivity index (χ0v) is 24.5. The Morgan fingerprint density at radius 2 is 1.68 bits per heavy atom. The summed E-state index contributed by atoms with van der Waals surface area (Å²) in [5.41, 5.74) is 1.32. The fourth-order valence-corrected chi connectivity index (χ4v) is 4.68. The number of rotatable bonds is 9. The molecule has 2 heterocycles. The standard InChI is InChI=1S/C25H26ClN3O5.C7H6O3/c26-19-7-5-17(6-8-19)24(31)28-22(25(32)34-14-11-29-9-12-33-13-10-29)15-18-16-23(30)27-21-4-2-1-3-20(18)21;8-6-4-2-1-3-5(6)7(9)10/h1-8,16,22H,9-15H2,(H,27,30)(H,28,31);1-4,8H,(H,9,10). The van der Waals surface area contributed by atoms with Crippen LogP contribution in [-0.2, 0) is 20.7 Å². The average Bonchev–Trinajstić information content (AvgIpc) is 3.02. The van der Waals surface area contributed by atoms with Crippen molar-refractivity contribution in [2.24, 2.45) is 0 Å². The number of carbonyl (C=O) groups is 3.